The lowest BCUT2D eigenvalue weighted by atomic mass is 9.93. The first kappa shape index (κ1) is 44.4. The number of amides is 5. The number of carbonyl (C=O) groups excluding carboxylic acids is 5. The van der Waals surface area contributed by atoms with Gasteiger partial charge in [0.15, 0.2) is 0 Å². The summed E-state index contributed by atoms with van der Waals surface area (Å²) >= 11 is 0. The average Bonchev–Trinajstić information content (AvgIpc) is 3.96. The second kappa shape index (κ2) is 18.5. The van der Waals surface area contributed by atoms with Gasteiger partial charge in [-0.3, -0.25) is 24.5 Å². The number of anilines is 2. The maximum Gasteiger partial charge on any atom is 0.407 e. The molecule has 0 radical (unpaired) electrons. The number of aliphatic hydroxyl groups is 1. The molecule has 4 aliphatic heterocycles. The Labute approximate surface area is 372 Å². The summed E-state index contributed by atoms with van der Waals surface area (Å²) in [4.78, 5) is 83.8. The Morgan fingerprint density at radius 1 is 0.625 bits per heavy atom. The van der Waals surface area contributed by atoms with E-state index in [4.69, 9.17) is 19.4 Å². The third kappa shape index (κ3) is 8.56. The molecule has 1 unspecified atom stereocenters. The standard InChI is InChI=1S/C48H56N8O8/c1-27(2)41(51-47(61)63-5)45(59)53-21-19-35-29(25-53)13-15-37(49-35)43(57)55-23-17-33-31(9-7-11-39(33)55)32-10-8-12-40-34(32)18-24-56(40)44(58)38-16-14-30-26-54(22-20-36(30)50-38)46(60)42(28(3)4)52-48(62)64-6/h7-16,27-28,41-42,47,51,61H,17-26H2,1-6H3,(H,52,62)/t41-,42-,47?/m0/s1. The van der Waals surface area contributed by atoms with Gasteiger partial charge in [0, 0.05) is 82.0 Å². The van der Waals surface area contributed by atoms with Gasteiger partial charge in [0.25, 0.3) is 11.8 Å². The molecule has 0 spiro atoms. The highest BCUT2D eigenvalue weighted by Gasteiger charge is 2.36. The second-order valence-electron chi connectivity index (χ2n) is 17.5. The van der Waals surface area contributed by atoms with E-state index in [1.54, 1.807) is 31.7 Å². The van der Waals surface area contributed by atoms with Gasteiger partial charge in [-0.05, 0) is 82.3 Å². The number of benzene rings is 2. The van der Waals surface area contributed by atoms with Crippen LogP contribution in [0.1, 0.15) is 82.3 Å². The smallest absolute Gasteiger partial charge is 0.407 e. The van der Waals surface area contributed by atoms with E-state index in [-0.39, 0.29) is 35.5 Å². The van der Waals surface area contributed by atoms with Crippen LogP contribution in [0.3, 0.4) is 0 Å². The number of pyridine rings is 2. The van der Waals surface area contributed by atoms with Crippen LogP contribution in [-0.4, -0.2) is 113 Å². The first-order valence-electron chi connectivity index (χ1n) is 22.0. The van der Waals surface area contributed by atoms with Crippen molar-refractivity contribution < 1.29 is 38.6 Å². The molecule has 3 N–H and O–H groups in total. The van der Waals surface area contributed by atoms with Crippen LogP contribution >= 0.6 is 0 Å². The number of fused-ring (bicyclic) bond motifs is 4. The van der Waals surface area contributed by atoms with Crippen molar-refractivity contribution in [2.24, 2.45) is 11.8 Å². The number of carbonyl (C=O) groups is 5. The molecule has 336 valence electrons. The number of hydrogen-bond donors (Lipinski definition) is 3. The SMILES string of the molecule is COC(=O)N[C@H](C(=O)N1CCc2nc(C(=O)N3CCc4c(-c5cccc6c5CCN6C(=O)c5ccc6c(n5)CCN(C(=O)[C@@H](NC(O)OC)C(C)C)C6)cccc43)ccc2C1)C(C)C. The van der Waals surface area contributed by atoms with Gasteiger partial charge in [-0.2, -0.15) is 0 Å². The lowest BCUT2D eigenvalue weighted by Crippen LogP contribution is -2.53. The van der Waals surface area contributed by atoms with Gasteiger partial charge in [-0.15, -0.1) is 0 Å². The van der Waals surface area contributed by atoms with Crippen LogP contribution in [0.15, 0.2) is 60.7 Å². The lowest BCUT2D eigenvalue weighted by Gasteiger charge is -2.34. The van der Waals surface area contributed by atoms with Crippen LogP contribution in [0.2, 0.25) is 0 Å². The molecule has 2 aromatic carbocycles. The number of rotatable bonds is 11. The van der Waals surface area contributed by atoms with Crippen LogP contribution in [0.4, 0.5) is 16.2 Å². The van der Waals surface area contributed by atoms with E-state index in [9.17, 15) is 29.1 Å². The topological polar surface area (TPSA) is 187 Å². The Bertz CT molecular complexity index is 2490. The number of hydrogen-bond acceptors (Lipinski definition) is 11. The molecule has 4 aliphatic rings. The van der Waals surface area contributed by atoms with Crippen molar-refractivity contribution in [3.63, 3.8) is 0 Å². The third-order valence-electron chi connectivity index (χ3n) is 12.9. The highest BCUT2D eigenvalue weighted by Crippen LogP contribution is 2.42. The van der Waals surface area contributed by atoms with Crippen LogP contribution in [0.25, 0.3) is 11.1 Å². The molecule has 0 saturated carbocycles. The van der Waals surface area contributed by atoms with E-state index in [1.165, 1.54) is 14.2 Å². The summed E-state index contributed by atoms with van der Waals surface area (Å²) in [7, 11) is 2.64. The molecule has 0 bridgehead atoms. The first-order valence-corrected chi connectivity index (χ1v) is 22.0. The highest BCUT2D eigenvalue weighted by molar-refractivity contribution is 6.08. The Kier molecular flexibility index (Phi) is 12.8. The van der Waals surface area contributed by atoms with Crippen molar-refractivity contribution in [1.82, 2.24) is 30.4 Å². The summed E-state index contributed by atoms with van der Waals surface area (Å²) in [5.41, 5.74) is 9.88. The van der Waals surface area contributed by atoms with Crippen molar-refractivity contribution in [2.45, 2.75) is 85.0 Å². The van der Waals surface area contributed by atoms with Gasteiger partial charge in [0.05, 0.1) is 13.2 Å². The molecular weight excluding hydrogens is 817 g/mol. The minimum absolute atomic E-state index is 0.0777. The van der Waals surface area contributed by atoms with E-state index in [0.717, 1.165) is 56.1 Å². The molecule has 0 aliphatic carbocycles. The zero-order chi connectivity index (χ0) is 45.4. The van der Waals surface area contributed by atoms with Gasteiger partial charge >= 0.3 is 6.09 Å². The Morgan fingerprint density at radius 2 is 1.09 bits per heavy atom. The van der Waals surface area contributed by atoms with Gasteiger partial charge < -0.3 is 39.5 Å². The van der Waals surface area contributed by atoms with Crippen molar-refractivity contribution in [2.75, 3.05) is 50.2 Å². The van der Waals surface area contributed by atoms with Crippen molar-refractivity contribution in [3.8, 4) is 11.1 Å². The number of methoxy groups -OCH3 is 2. The van der Waals surface area contributed by atoms with E-state index < -0.39 is 24.6 Å². The fourth-order valence-corrected chi connectivity index (χ4v) is 9.38. The minimum Gasteiger partial charge on any atom is -0.453 e. The molecular formula is C48H56N8O8. The molecule has 16 heteroatoms. The fraction of sp³-hybridized carbons (Fsp3) is 0.438. The Balaban J connectivity index is 0.960. The Morgan fingerprint density at radius 3 is 1.53 bits per heavy atom. The predicted octanol–water partition coefficient (Wildman–Crippen LogP) is 4.24. The Hall–Kier alpha value is -6.23. The number of ether oxygens (including phenoxy) is 2. The highest BCUT2D eigenvalue weighted by atomic mass is 16.6. The minimum atomic E-state index is -1.25. The normalized spacial score (nSPS) is 16.8. The quantitative estimate of drug-likeness (QED) is 0.183. The van der Waals surface area contributed by atoms with E-state index in [2.05, 4.69) is 22.8 Å². The summed E-state index contributed by atoms with van der Waals surface area (Å²) in [5.74, 6) is -0.907. The van der Waals surface area contributed by atoms with Crippen molar-refractivity contribution in [1.29, 1.82) is 0 Å². The van der Waals surface area contributed by atoms with E-state index in [0.29, 0.717) is 76.3 Å². The summed E-state index contributed by atoms with van der Waals surface area (Å²) in [6.07, 6.45) is 0.397. The molecule has 5 amide bonds. The monoisotopic (exact) mass is 872 g/mol. The average molecular weight is 873 g/mol. The first-order chi connectivity index (χ1) is 30.8. The number of aromatic nitrogens is 2. The lowest BCUT2D eigenvalue weighted by molar-refractivity contribution is -0.144. The van der Waals surface area contributed by atoms with Crippen molar-refractivity contribution >= 4 is 41.1 Å². The van der Waals surface area contributed by atoms with Gasteiger partial charge in [-0.1, -0.05) is 64.1 Å². The van der Waals surface area contributed by atoms with Gasteiger partial charge in [0.2, 0.25) is 18.2 Å². The molecule has 4 aromatic rings. The predicted molar refractivity (Wildman–Crippen MR) is 238 cm³/mol. The maximum absolute atomic E-state index is 14.2. The van der Waals surface area contributed by atoms with Gasteiger partial charge in [0.1, 0.15) is 17.4 Å². The molecule has 16 nitrogen and oxygen atoms in total. The van der Waals surface area contributed by atoms with E-state index in [1.807, 2.05) is 64.1 Å². The molecule has 64 heavy (non-hydrogen) atoms. The zero-order valence-corrected chi connectivity index (χ0v) is 37.2. The molecule has 8 rings (SSSR count). The zero-order valence-electron chi connectivity index (χ0n) is 37.2. The number of alkyl carbamates (subject to hydrolysis) is 1. The van der Waals surface area contributed by atoms with Crippen LogP contribution in [0, 0.1) is 11.8 Å². The largest absolute Gasteiger partial charge is 0.453 e. The summed E-state index contributed by atoms with van der Waals surface area (Å²) in [6.45, 7) is 10.1. The van der Waals surface area contributed by atoms with E-state index >= 15 is 0 Å². The molecule has 6 heterocycles. The van der Waals surface area contributed by atoms with Gasteiger partial charge in [-0.25, -0.2) is 14.8 Å². The maximum atomic E-state index is 14.2. The van der Waals surface area contributed by atoms with Crippen LogP contribution < -0.4 is 20.4 Å². The fourth-order valence-electron chi connectivity index (χ4n) is 9.38. The number of aliphatic hydroxyl groups excluding tert-OH is 1. The molecule has 3 atom stereocenters. The van der Waals surface area contributed by atoms with Crippen LogP contribution in [0.5, 0.6) is 0 Å². The third-order valence-corrected chi connectivity index (χ3v) is 12.9. The van der Waals surface area contributed by atoms with Crippen molar-refractivity contribution in [3.05, 3.63) is 106 Å². The number of nitrogens with zero attached hydrogens (tertiary/aromatic N) is 6. The molecule has 0 saturated heterocycles. The number of nitrogens with one attached hydrogen (secondary N) is 2. The van der Waals surface area contributed by atoms with Crippen LogP contribution in [-0.2, 0) is 57.8 Å². The summed E-state index contributed by atoms with van der Waals surface area (Å²) in [6, 6.07) is 17.9. The summed E-state index contributed by atoms with van der Waals surface area (Å²) < 4.78 is 9.66. The molecule has 0 fully saturated rings. The second-order valence-corrected chi connectivity index (χ2v) is 17.5. The molecule has 2 aromatic heterocycles. The summed E-state index contributed by atoms with van der Waals surface area (Å²) in [5, 5.41) is 15.5.